The standard InChI is InChI=1S/C36H53N5O4S/c1-3-4-5-6-7-8-9-10-11-12-13-14-15-19-34(43)37-31-18-16-17-30(24-31)35-44-32(27-46-36-38-39-40-41(36)2)25-33(45-35)29-22-20-28(26-42)21-23-29/h16-18,20-24,32-33,35,42H,3-15,19,25-27H2,1-2H3,(H,37,43). The van der Waals surface area contributed by atoms with Crippen LogP contribution in [-0.4, -0.2) is 43.1 Å². The maximum atomic E-state index is 12.8. The number of carbonyl (C=O) groups excluding carboxylic acids is 1. The zero-order chi connectivity index (χ0) is 32.4. The molecule has 3 unspecified atom stereocenters. The summed E-state index contributed by atoms with van der Waals surface area (Å²) in [6.45, 7) is 2.27. The van der Waals surface area contributed by atoms with E-state index in [1.807, 2.05) is 55.6 Å². The normalized spacial score (nSPS) is 18.1. The number of thioether (sulfide) groups is 1. The van der Waals surface area contributed by atoms with Crippen LogP contribution in [-0.2, 0) is 27.9 Å². The van der Waals surface area contributed by atoms with Gasteiger partial charge in [-0.3, -0.25) is 4.79 Å². The molecule has 10 heteroatoms. The van der Waals surface area contributed by atoms with Crippen LogP contribution in [0.3, 0.4) is 0 Å². The number of aromatic nitrogens is 4. The molecule has 1 amide bonds. The van der Waals surface area contributed by atoms with Crippen molar-refractivity contribution in [3.63, 3.8) is 0 Å². The zero-order valence-electron chi connectivity index (χ0n) is 27.7. The Morgan fingerprint density at radius 1 is 0.913 bits per heavy atom. The number of nitrogens with zero attached hydrogens (tertiary/aromatic N) is 4. The number of carbonyl (C=O) groups is 1. The molecule has 0 aliphatic carbocycles. The molecule has 0 spiro atoms. The molecule has 3 aromatic rings. The highest BCUT2D eigenvalue weighted by Crippen LogP contribution is 2.39. The van der Waals surface area contributed by atoms with Crippen molar-refractivity contribution in [2.75, 3.05) is 11.1 Å². The Balaban J connectivity index is 1.23. The van der Waals surface area contributed by atoms with Crippen molar-refractivity contribution in [3.05, 3.63) is 65.2 Å². The Hall–Kier alpha value is -2.79. The van der Waals surface area contributed by atoms with Crippen LogP contribution in [0.25, 0.3) is 0 Å². The molecule has 0 radical (unpaired) electrons. The largest absolute Gasteiger partial charge is 0.392 e. The van der Waals surface area contributed by atoms with Gasteiger partial charge in [0.2, 0.25) is 11.1 Å². The molecule has 9 nitrogen and oxygen atoms in total. The lowest BCUT2D eigenvalue weighted by Crippen LogP contribution is -2.31. The molecule has 46 heavy (non-hydrogen) atoms. The van der Waals surface area contributed by atoms with Crippen molar-refractivity contribution < 1.29 is 19.4 Å². The van der Waals surface area contributed by atoms with Crippen molar-refractivity contribution in [2.45, 2.75) is 133 Å². The minimum Gasteiger partial charge on any atom is -0.392 e. The molecule has 2 heterocycles. The number of benzene rings is 2. The Kier molecular flexibility index (Phi) is 16.0. The number of hydrogen-bond acceptors (Lipinski definition) is 8. The Labute approximate surface area is 279 Å². The third-order valence-electron chi connectivity index (χ3n) is 8.54. The van der Waals surface area contributed by atoms with Gasteiger partial charge in [-0.15, -0.1) is 5.10 Å². The van der Waals surface area contributed by atoms with Crippen molar-refractivity contribution in [2.24, 2.45) is 7.05 Å². The summed E-state index contributed by atoms with van der Waals surface area (Å²) in [6, 6.07) is 15.6. The fraction of sp³-hybridized carbons (Fsp3) is 0.611. The average molecular weight is 652 g/mol. The van der Waals surface area contributed by atoms with Gasteiger partial charge >= 0.3 is 0 Å². The molecule has 2 N–H and O–H groups in total. The first-order valence-electron chi connectivity index (χ1n) is 17.3. The SMILES string of the molecule is CCCCCCCCCCCCCCCC(=O)Nc1cccc(C2OC(CSc3nnnn3C)CC(c3ccc(CO)cc3)O2)c1. The Morgan fingerprint density at radius 2 is 1.59 bits per heavy atom. The monoisotopic (exact) mass is 651 g/mol. The minimum atomic E-state index is -0.600. The first kappa shape index (κ1) is 36.1. The highest BCUT2D eigenvalue weighted by atomic mass is 32.2. The summed E-state index contributed by atoms with van der Waals surface area (Å²) < 4.78 is 14.6. The van der Waals surface area contributed by atoms with Crippen LogP contribution in [0.4, 0.5) is 5.69 Å². The van der Waals surface area contributed by atoms with Gasteiger partial charge in [0, 0.05) is 36.9 Å². The summed E-state index contributed by atoms with van der Waals surface area (Å²) in [5.41, 5.74) is 3.49. The molecular weight excluding hydrogens is 598 g/mol. The molecule has 3 atom stereocenters. The van der Waals surface area contributed by atoms with Gasteiger partial charge in [-0.1, -0.05) is 132 Å². The van der Waals surface area contributed by atoms with Gasteiger partial charge < -0.3 is 19.9 Å². The van der Waals surface area contributed by atoms with E-state index in [-0.39, 0.29) is 24.7 Å². The molecule has 0 bridgehead atoms. The summed E-state index contributed by atoms with van der Waals surface area (Å²) in [4.78, 5) is 12.8. The van der Waals surface area contributed by atoms with Crippen molar-refractivity contribution in [1.82, 2.24) is 20.2 Å². The van der Waals surface area contributed by atoms with Gasteiger partial charge in [0.05, 0.1) is 18.8 Å². The predicted molar refractivity (Wildman–Crippen MR) is 183 cm³/mol. The van der Waals surface area contributed by atoms with Gasteiger partial charge in [-0.25, -0.2) is 4.68 Å². The second-order valence-corrected chi connectivity index (χ2v) is 13.4. The lowest BCUT2D eigenvalue weighted by Gasteiger charge is -2.36. The first-order chi connectivity index (χ1) is 22.6. The summed E-state index contributed by atoms with van der Waals surface area (Å²) in [6.07, 6.45) is 17.0. The first-order valence-corrected chi connectivity index (χ1v) is 18.3. The van der Waals surface area contributed by atoms with E-state index in [9.17, 15) is 9.90 Å². The molecule has 4 rings (SSSR count). The van der Waals surface area contributed by atoms with Crippen molar-refractivity contribution >= 4 is 23.4 Å². The third-order valence-corrected chi connectivity index (χ3v) is 9.69. The van der Waals surface area contributed by atoms with Gasteiger partial charge in [0.1, 0.15) is 0 Å². The van der Waals surface area contributed by atoms with Gasteiger partial charge in [-0.2, -0.15) is 0 Å². The predicted octanol–water partition coefficient (Wildman–Crippen LogP) is 8.46. The van der Waals surface area contributed by atoms with Crippen LogP contribution in [0.1, 0.15) is 132 Å². The molecule has 2 aromatic carbocycles. The summed E-state index contributed by atoms with van der Waals surface area (Å²) in [7, 11) is 1.82. The topological polar surface area (TPSA) is 111 Å². The van der Waals surface area contributed by atoms with Crippen LogP contribution in [0, 0.1) is 0 Å². The lowest BCUT2D eigenvalue weighted by molar-refractivity contribution is -0.245. The number of ether oxygens (including phenoxy) is 2. The van der Waals surface area contributed by atoms with E-state index < -0.39 is 6.29 Å². The van der Waals surface area contributed by atoms with Crippen LogP contribution in [0.15, 0.2) is 53.7 Å². The highest BCUT2D eigenvalue weighted by Gasteiger charge is 2.32. The van der Waals surface area contributed by atoms with Crippen molar-refractivity contribution in [3.8, 4) is 0 Å². The van der Waals surface area contributed by atoms with Crippen LogP contribution in [0.2, 0.25) is 0 Å². The lowest BCUT2D eigenvalue weighted by atomic mass is 10.0. The minimum absolute atomic E-state index is 0.000407. The van der Waals surface area contributed by atoms with Gasteiger partial charge in [0.25, 0.3) is 0 Å². The summed E-state index contributed by atoms with van der Waals surface area (Å²) in [5.74, 6) is 0.702. The number of amides is 1. The second-order valence-electron chi connectivity index (χ2n) is 12.4. The molecule has 1 aliphatic heterocycles. The van der Waals surface area contributed by atoms with E-state index in [0.717, 1.165) is 40.4 Å². The molecule has 1 aliphatic rings. The zero-order valence-corrected chi connectivity index (χ0v) is 28.6. The van der Waals surface area contributed by atoms with Gasteiger partial charge in [-0.05, 0) is 40.1 Å². The number of unbranched alkanes of at least 4 members (excludes halogenated alkanes) is 12. The number of tetrazole rings is 1. The van der Waals surface area contributed by atoms with Crippen LogP contribution >= 0.6 is 11.8 Å². The average Bonchev–Trinajstić information content (AvgIpc) is 3.50. The van der Waals surface area contributed by atoms with E-state index in [4.69, 9.17) is 9.47 Å². The van der Waals surface area contributed by atoms with E-state index in [2.05, 4.69) is 27.8 Å². The van der Waals surface area contributed by atoms with Gasteiger partial charge in [0.15, 0.2) is 6.29 Å². The maximum absolute atomic E-state index is 12.8. The van der Waals surface area contributed by atoms with Crippen LogP contribution in [0.5, 0.6) is 0 Å². The summed E-state index contributed by atoms with van der Waals surface area (Å²) >= 11 is 1.55. The molecule has 1 saturated heterocycles. The Morgan fingerprint density at radius 3 is 2.22 bits per heavy atom. The molecular formula is C36H53N5O4S. The Bertz CT molecular complexity index is 1290. The maximum Gasteiger partial charge on any atom is 0.224 e. The fourth-order valence-electron chi connectivity index (χ4n) is 5.82. The van der Waals surface area contributed by atoms with E-state index in [1.165, 1.54) is 70.6 Å². The van der Waals surface area contributed by atoms with E-state index in [1.54, 1.807) is 16.4 Å². The molecule has 1 aromatic heterocycles. The number of nitrogens with one attached hydrogen (secondary N) is 1. The number of aliphatic hydroxyl groups is 1. The number of anilines is 1. The quantitative estimate of drug-likeness (QED) is 0.0872. The van der Waals surface area contributed by atoms with Crippen molar-refractivity contribution in [1.29, 1.82) is 0 Å². The molecule has 0 saturated carbocycles. The smallest absolute Gasteiger partial charge is 0.224 e. The second kappa shape index (κ2) is 20.4. The number of rotatable bonds is 21. The van der Waals surface area contributed by atoms with E-state index in [0.29, 0.717) is 18.6 Å². The number of aryl methyl sites for hydroxylation is 1. The number of hydrogen-bond donors (Lipinski definition) is 2. The van der Waals surface area contributed by atoms with Crippen LogP contribution < -0.4 is 5.32 Å². The highest BCUT2D eigenvalue weighted by molar-refractivity contribution is 7.99. The molecule has 252 valence electrons. The van der Waals surface area contributed by atoms with E-state index >= 15 is 0 Å². The number of aliphatic hydroxyl groups excluding tert-OH is 1. The summed E-state index contributed by atoms with van der Waals surface area (Å²) in [5, 5.41) is 25.0. The fourth-order valence-corrected chi connectivity index (χ4v) is 6.69. The molecule has 1 fully saturated rings. The third kappa shape index (κ3) is 12.4.